The summed E-state index contributed by atoms with van der Waals surface area (Å²) < 4.78 is 0. The fraction of sp³-hybridized carbons (Fsp3) is 0.556. The number of piperazine rings is 1. The molecule has 0 aromatic heterocycles. The van der Waals surface area contributed by atoms with Crippen LogP contribution < -0.4 is 5.32 Å². The van der Waals surface area contributed by atoms with E-state index in [0.717, 1.165) is 37.4 Å². The smallest absolute Gasteiger partial charge is 0.230 e. The Morgan fingerprint density at radius 2 is 1.78 bits per heavy atom. The molecule has 124 valence electrons. The Morgan fingerprint density at radius 3 is 2.43 bits per heavy atom. The number of carbonyl (C=O) groups is 2. The van der Waals surface area contributed by atoms with E-state index in [4.69, 9.17) is 0 Å². The highest BCUT2D eigenvalue weighted by atomic mass is 16.2. The Kier molecular flexibility index (Phi) is 4.15. The second-order valence-electron chi connectivity index (χ2n) is 7.38. The molecule has 2 amide bonds. The lowest BCUT2D eigenvalue weighted by Gasteiger charge is -2.43. The van der Waals surface area contributed by atoms with Gasteiger partial charge in [0.1, 0.15) is 0 Å². The number of hydrogen-bond acceptors (Lipinski definition) is 3. The van der Waals surface area contributed by atoms with Crippen molar-refractivity contribution in [2.45, 2.75) is 38.6 Å². The number of rotatable bonds is 1. The van der Waals surface area contributed by atoms with E-state index in [1.54, 1.807) is 0 Å². The van der Waals surface area contributed by atoms with Gasteiger partial charge in [-0.05, 0) is 32.4 Å². The largest absolute Gasteiger partial charge is 0.340 e. The van der Waals surface area contributed by atoms with Gasteiger partial charge in [0.05, 0.1) is 5.92 Å². The van der Waals surface area contributed by atoms with Gasteiger partial charge in [-0.15, -0.1) is 0 Å². The van der Waals surface area contributed by atoms with E-state index in [9.17, 15) is 9.59 Å². The zero-order chi connectivity index (χ0) is 16.6. The molecule has 1 unspecified atom stereocenters. The standard InChI is InChI=1S/C18H25N3O2/c1-18(2,3)21-10-8-20(9-11-21)17(23)14-12-16(22)19-15-7-5-4-6-13(14)15/h4-7,14H,8-12H2,1-3H3,(H,19,22). The van der Waals surface area contributed by atoms with Gasteiger partial charge < -0.3 is 10.2 Å². The van der Waals surface area contributed by atoms with Crippen LogP contribution in [0.2, 0.25) is 0 Å². The predicted molar refractivity (Wildman–Crippen MR) is 90.3 cm³/mol. The van der Waals surface area contributed by atoms with E-state index in [2.05, 4.69) is 31.0 Å². The minimum atomic E-state index is -0.346. The van der Waals surface area contributed by atoms with Gasteiger partial charge in [-0.3, -0.25) is 14.5 Å². The SMILES string of the molecule is CC(C)(C)N1CCN(C(=O)C2CC(=O)Nc3ccccc32)CC1. The molecule has 3 rings (SSSR count). The first-order valence-electron chi connectivity index (χ1n) is 8.29. The highest BCUT2D eigenvalue weighted by Gasteiger charge is 2.35. The Hall–Kier alpha value is -1.88. The number of amides is 2. The van der Waals surface area contributed by atoms with Crippen molar-refractivity contribution in [1.82, 2.24) is 9.80 Å². The third kappa shape index (κ3) is 3.24. The van der Waals surface area contributed by atoms with Gasteiger partial charge in [-0.25, -0.2) is 0 Å². The molecule has 23 heavy (non-hydrogen) atoms. The van der Waals surface area contributed by atoms with E-state index in [1.165, 1.54) is 0 Å². The maximum absolute atomic E-state index is 12.9. The van der Waals surface area contributed by atoms with Gasteiger partial charge in [-0.1, -0.05) is 18.2 Å². The zero-order valence-electron chi connectivity index (χ0n) is 14.1. The van der Waals surface area contributed by atoms with Crippen molar-refractivity contribution in [2.75, 3.05) is 31.5 Å². The van der Waals surface area contributed by atoms with Crippen LogP contribution in [-0.4, -0.2) is 53.3 Å². The maximum Gasteiger partial charge on any atom is 0.230 e. The van der Waals surface area contributed by atoms with Crippen molar-refractivity contribution < 1.29 is 9.59 Å². The number of nitrogens with zero attached hydrogens (tertiary/aromatic N) is 2. The Labute approximate surface area is 137 Å². The van der Waals surface area contributed by atoms with Crippen LogP contribution in [0.4, 0.5) is 5.69 Å². The number of para-hydroxylation sites is 1. The summed E-state index contributed by atoms with van der Waals surface area (Å²) in [6.45, 7) is 9.84. The van der Waals surface area contributed by atoms with Gasteiger partial charge in [0.25, 0.3) is 0 Å². The third-order valence-electron chi connectivity index (χ3n) is 4.84. The Balaban J connectivity index is 1.73. The normalized spacial score (nSPS) is 22.5. The summed E-state index contributed by atoms with van der Waals surface area (Å²) in [5.74, 6) is -0.336. The summed E-state index contributed by atoms with van der Waals surface area (Å²) in [4.78, 5) is 29.2. The zero-order valence-corrected chi connectivity index (χ0v) is 14.1. The van der Waals surface area contributed by atoms with Crippen LogP contribution in [0.3, 0.4) is 0 Å². The van der Waals surface area contributed by atoms with Crippen molar-refractivity contribution >= 4 is 17.5 Å². The van der Waals surface area contributed by atoms with Crippen molar-refractivity contribution in [3.63, 3.8) is 0 Å². The summed E-state index contributed by atoms with van der Waals surface area (Å²) in [7, 11) is 0. The molecule has 0 saturated carbocycles. The Bertz CT molecular complexity index is 613. The lowest BCUT2D eigenvalue weighted by Crippen LogP contribution is -2.55. The van der Waals surface area contributed by atoms with Gasteiger partial charge in [0.2, 0.25) is 11.8 Å². The van der Waals surface area contributed by atoms with E-state index in [0.29, 0.717) is 0 Å². The number of nitrogens with one attached hydrogen (secondary N) is 1. The van der Waals surface area contributed by atoms with E-state index >= 15 is 0 Å². The molecule has 0 radical (unpaired) electrons. The third-order valence-corrected chi connectivity index (χ3v) is 4.84. The first-order chi connectivity index (χ1) is 10.9. The quantitative estimate of drug-likeness (QED) is 0.863. The second kappa shape index (κ2) is 5.96. The molecule has 1 atom stereocenters. The molecular formula is C18H25N3O2. The van der Waals surface area contributed by atoms with Crippen molar-refractivity contribution in [1.29, 1.82) is 0 Å². The van der Waals surface area contributed by atoms with Crippen LogP contribution in [-0.2, 0) is 9.59 Å². The fourth-order valence-corrected chi connectivity index (χ4v) is 3.45. The number of hydrogen-bond donors (Lipinski definition) is 1. The topological polar surface area (TPSA) is 52.7 Å². The van der Waals surface area contributed by atoms with E-state index < -0.39 is 0 Å². The summed E-state index contributed by atoms with van der Waals surface area (Å²) in [6.07, 6.45) is 0.245. The van der Waals surface area contributed by atoms with Crippen molar-refractivity contribution in [3.8, 4) is 0 Å². The lowest BCUT2D eigenvalue weighted by molar-refractivity contribution is -0.137. The van der Waals surface area contributed by atoms with Crippen LogP contribution in [0.5, 0.6) is 0 Å². The summed E-state index contributed by atoms with van der Waals surface area (Å²) in [6, 6.07) is 7.62. The Morgan fingerprint density at radius 1 is 1.13 bits per heavy atom. The summed E-state index contributed by atoms with van der Waals surface area (Å²) >= 11 is 0. The van der Waals surface area contributed by atoms with E-state index in [1.807, 2.05) is 29.2 Å². The van der Waals surface area contributed by atoms with Crippen LogP contribution in [0.1, 0.15) is 38.7 Å². The van der Waals surface area contributed by atoms with E-state index in [-0.39, 0.29) is 29.7 Å². The molecule has 1 saturated heterocycles. The molecule has 2 aliphatic heterocycles. The summed E-state index contributed by atoms with van der Waals surface area (Å²) in [5.41, 5.74) is 1.85. The van der Waals surface area contributed by atoms with Crippen LogP contribution >= 0.6 is 0 Å². The predicted octanol–water partition coefficient (Wildman–Crippen LogP) is 2.06. The molecular weight excluding hydrogens is 290 g/mol. The molecule has 0 aliphatic carbocycles. The number of anilines is 1. The minimum Gasteiger partial charge on any atom is -0.340 e. The van der Waals surface area contributed by atoms with Crippen LogP contribution in [0.15, 0.2) is 24.3 Å². The maximum atomic E-state index is 12.9. The lowest BCUT2D eigenvalue weighted by atomic mass is 9.89. The molecule has 2 heterocycles. The molecule has 5 nitrogen and oxygen atoms in total. The molecule has 0 spiro atoms. The molecule has 1 aromatic carbocycles. The second-order valence-corrected chi connectivity index (χ2v) is 7.38. The highest BCUT2D eigenvalue weighted by Crippen LogP contribution is 2.33. The highest BCUT2D eigenvalue weighted by molar-refractivity contribution is 6.01. The van der Waals surface area contributed by atoms with Crippen LogP contribution in [0.25, 0.3) is 0 Å². The average Bonchev–Trinajstić information content (AvgIpc) is 2.52. The molecule has 1 fully saturated rings. The monoisotopic (exact) mass is 315 g/mol. The van der Waals surface area contributed by atoms with Gasteiger partial charge >= 0.3 is 0 Å². The number of carbonyl (C=O) groups excluding carboxylic acids is 2. The van der Waals surface area contributed by atoms with Crippen molar-refractivity contribution in [2.24, 2.45) is 0 Å². The van der Waals surface area contributed by atoms with Gasteiger partial charge in [0, 0.05) is 43.8 Å². The van der Waals surface area contributed by atoms with Gasteiger partial charge in [0.15, 0.2) is 0 Å². The van der Waals surface area contributed by atoms with Crippen molar-refractivity contribution in [3.05, 3.63) is 29.8 Å². The van der Waals surface area contributed by atoms with Gasteiger partial charge in [-0.2, -0.15) is 0 Å². The minimum absolute atomic E-state index is 0.0737. The molecule has 1 N–H and O–H groups in total. The first kappa shape index (κ1) is 16.0. The number of benzene rings is 1. The van der Waals surface area contributed by atoms with Crippen LogP contribution in [0, 0.1) is 0 Å². The average molecular weight is 315 g/mol. The molecule has 0 bridgehead atoms. The molecule has 1 aromatic rings. The number of fused-ring (bicyclic) bond motifs is 1. The fourth-order valence-electron chi connectivity index (χ4n) is 3.45. The summed E-state index contributed by atoms with van der Waals surface area (Å²) in [5, 5.41) is 2.86. The molecule has 2 aliphatic rings. The molecule has 5 heteroatoms. The first-order valence-corrected chi connectivity index (χ1v) is 8.29.